The van der Waals surface area contributed by atoms with Gasteiger partial charge in [0.25, 0.3) is 5.91 Å². The van der Waals surface area contributed by atoms with Crippen LogP contribution in [0.1, 0.15) is 46.7 Å². The third-order valence-corrected chi connectivity index (χ3v) is 4.76. The second-order valence-corrected chi connectivity index (χ2v) is 6.37. The van der Waals surface area contributed by atoms with Crippen molar-refractivity contribution in [1.82, 2.24) is 5.32 Å². The number of carbonyl (C=O) groups is 2. The number of nitrogen functional groups attached to an aromatic ring is 1. The van der Waals surface area contributed by atoms with Crippen LogP contribution in [-0.4, -0.2) is 25.3 Å². The minimum Gasteiger partial charge on any atom is -0.397 e. The predicted octanol–water partition coefficient (Wildman–Crippen LogP) is 2.10. The first-order chi connectivity index (χ1) is 8.88. The molecule has 0 radical (unpaired) electrons. The van der Waals surface area contributed by atoms with Crippen LogP contribution in [0, 0.1) is 5.41 Å². The van der Waals surface area contributed by atoms with Crippen molar-refractivity contribution >= 4 is 33.7 Å². The fourth-order valence-electron chi connectivity index (χ4n) is 1.86. The van der Waals surface area contributed by atoms with Crippen molar-refractivity contribution < 1.29 is 9.59 Å². The number of carbonyl (C=O) groups excluding carboxylic acids is 2. The maximum atomic E-state index is 11.9. The van der Waals surface area contributed by atoms with Gasteiger partial charge in [0, 0.05) is 20.5 Å². The molecule has 1 aliphatic rings. The second kappa shape index (κ2) is 4.85. The number of nitrogens with two attached hydrogens (primary N) is 1. The second-order valence-electron chi connectivity index (χ2n) is 5.35. The summed E-state index contributed by atoms with van der Waals surface area (Å²) in [5, 5.41) is 6.53. The Balaban J connectivity index is 2.31. The van der Waals surface area contributed by atoms with Crippen molar-refractivity contribution in [1.29, 1.82) is 0 Å². The summed E-state index contributed by atoms with van der Waals surface area (Å²) in [7, 11) is 1.55. The summed E-state index contributed by atoms with van der Waals surface area (Å²) in [6.07, 6.45) is 2.38. The van der Waals surface area contributed by atoms with Crippen molar-refractivity contribution in [2.24, 2.45) is 5.41 Å². The van der Waals surface area contributed by atoms with Crippen LogP contribution in [0.5, 0.6) is 0 Å². The van der Waals surface area contributed by atoms with Gasteiger partial charge in [-0.15, -0.1) is 11.3 Å². The zero-order valence-corrected chi connectivity index (χ0v) is 12.2. The molecule has 0 spiro atoms. The lowest BCUT2D eigenvalue weighted by Crippen LogP contribution is -2.21. The lowest BCUT2D eigenvalue weighted by molar-refractivity contribution is 0.0965. The third-order valence-electron chi connectivity index (χ3n) is 3.50. The fraction of sp³-hybridized carbons (Fsp3) is 0.538. The summed E-state index contributed by atoms with van der Waals surface area (Å²) in [6, 6.07) is 0. The Labute approximate surface area is 116 Å². The largest absolute Gasteiger partial charge is 0.397 e. The Morgan fingerprint density at radius 2 is 2.05 bits per heavy atom. The van der Waals surface area contributed by atoms with Gasteiger partial charge in [0.1, 0.15) is 5.00 Å². The van der Waals surface area contributed by atoms with Crippen LogP contribution in [0.2, 0.25) is 0 Å². The van der Waals surface area contributed by atoms with Gasteiger partial charge in [0.15, 0.2) is 5.78 Å². The summed E-state index contributed by atoms with van der Waals surface area (Å²) in [4.78, 5) is 23.9. The monoisotopic (exact) mass is 281 g/mol. The Morgan fingerprint density at radius 1 is 1.42 bits per heavy atom. The van der Waals surface area contributed by atoms with E-state index >= 15 is 0 Å². The molecule has 2 rings (SSSR count). The van der Waals surface area contributed by atoms with Crippen molar-refractivity contribution in [2.75, 3.05) is 24.6 Å². The molecule has 1 saturated carbocycles. The number of amides is 1. The molecule has 104 valence electrons. The molecule has 4 N–H and O–H groups in total. The fourth-order valence-corrected chi connectivity index (χ4v) is 2.87. The number of anilines is 2. The maximum absolute atomic E-state index is 11.9. The quantitative estimate of drug-likeness (QED) is 0.722. The lowest BCUT2D eigenvalue weighted by Gasteiger charge is -2.11. The molecule has 0 saturated heterocycles. The van der Waals surface area contributed by atoms with E-state index in [1.807, 2.05) is 0 Å². The van der Waals surface area contributed by atoms with E-state index in [0.29, 0.717) is 20.9 Å². The SMILES string of the molecule is CNC(=O)c1c(NCC2(C)CC2)sc(C(C)=O)c1N. The molecule has 0 aliphatic heterocycles. The van der Waals surface area contributed by atoms with Crippen molar-refractivity contribution in [3.8, 4) is 0 Å². The van der Waals surface area contributed by atoms with E-state index in [-0.39, 0.29) is 17.4 Å². The summed E-state index contributed by atoms with van der Waals surface area (Å²) >= 11 is 1.26. The molecule has 0 aromatic carbocycles. The highest BCUT2D eigenvalue weighted by molar-refractivity contribution is 7.19. The summed E-state index contributed by atoms with van der Waals surface area (Å²) in [6.45, 7) is 4.46. The zero-order valence-electron chi connectivity index (χ0n) is 11.4. The predicted molar refractivity (Wildman–Crippen MR) is 78.0 cm³/mol. The van der Waals surface area contributed by atoms with Crippen molar-refractivity contribution in [3.05, 3.63) is 10.4 Å². The molecular weight excluding hydrogens is 262 g/mol. The number of thiophene rings is 1. The first kappa shape index (κ1) is 13.9. The van der Waals surface area contributed by atoms with Crippen LogP contribution in [-0.2, 0) is 0 Å². The summed E-state index contributed by atoms with van der Waals surface area (Å²) in [5.41, 5.74) is 6.91. The van der Waals surface area contributed by atoms with Crippen LogP contribution in [0.15, 0.2) is 0 Å². The molecule has 1 heterocycles. The average Bonchev–Trinajstić information content (AvgIpc) is 2.99. The molecule has 1 aliphatic carbocycles. The molecule has 5 nitrogen and oxygen atoms in total. The van der Waals surface area contributed by atoms with Gasteiger partial charge in [-0.3, -0.25) is 9.59 Å². The Morgan fingerprint density at radius 3 is 2.53 bits per heavy atom. The van der Waals surface area contributed by atoms with Gasteiger partial charge in [0.05, 0.1) is 16.1 Å². The van der Waals surface area contributed by atoms with E-state index < -0.39 is 0 Å². The third kappa shape index (κ3) is 2.73. The van der Waals surface area contributed by atoms with Gasteiger partial charge in [-0.25, -0.2) is 0 Å². The molecule has 6 heteroatoms. The topological polar surface area (TPSA) is 84.2 Å². The molecular formula is C13H19N3O2S. The van der Waals surface area contributed by atoms with Gasteiger partial charge >= 0.3 is 0 Å². The molecule has 0 atom stereocenters. The molecule has 1 aromatic heterocycles. The summed E-state index contributed by atoms with van der Waals surface area (Å²) in [5.74, 6) is -0.372. The Kier molecular flexibility index (Phi) is 3.54. The van der Waals surface area contributed by atoms with Crippen LogP contribution >= 0.6 is 11.3 Å². The average molecular weight is 281 g/mol. The van der Waals surface area contributed by atoms with E-state index in [0.717, 1.165) is 6.54 Å². The maximum Gasteiger partial charge on any atom is 0.256 e. The van der Waals surface area contributed by atoms with E-state index in [4.69, 9.17) is 5.73 Å². The minimum atomic E-state index is -0.260. The molecule has 1 aromatic rings. The van der Waals surface area contributed by atoms with Crippen LogP contribution in [0.4, 0.5) is 10.7 Å². The first-order valence-electron chi connectivity index (χ1n) is 6.27. The summed E-state index contributed by atoms with van der Waals surface area (Å²) < 4.78 is 0. The number of hydrogen-bond acceptors (Lipinski definition) is 5. The number of nitrogens with one attached hydrogen (secondary N) is 2. The van der Waals surface area contributed by atoms with E-state index in [2.05, 4.69) is 17.6 Å². The lowest BCUT2D eigenvalue weighted by atomic mass is 10.1. The highest BCUT2D eigenvalue weighted by Gasteiger charge is 2.37. The molecule has 1 fully saturated rings. The molecule has 1 amide bonds. The van der Waals surface area contributed by atoms with Gasteiger partial charge in [0.2, 0.25) is 0 Å². The van der Waals surface area contributed by atoms with E-state index in [1.165, 1.54) is 31.1 Å². The van der Waals surface area contributed by atoms with Crippen molar-refractivity contribution in [2.45, 2.75) is 26.7 Å². The number of Topliss-reactive ketones (excluding diaryl/α,β-unsaturated/α-hetero) is 1. The smallest absolute Gasteiger partial charge is 0.256 e. The first-order valence-corrected chi connectivity index (χ1v) is 7.09. The van der Waals surface area contributed by atoms with Gasteiger partial charge in [-0.2, -0.15) is 0 Å². The van der Waals surface area contributed by atoms with Gasteiger partial charge < -0.3 is 16.4 Å². The number of rotatable bonds is 5. The highest BCUT2D eigenvalue weighted by atomic mass is 32.1. The zero-order chi connectivity index (χ0) is 14.2. The number of hydrogen-bond donors (Lipinski definition) is 3. The molecule has 0 unspecified atom stereocenters. The highest BCUT2D eigenvalue weighted by Crippen LogP contribution is 2.46. The van der Waals surface area contributed by atoms with E-state index in [1.54, 1.807) is 7.05 Å². The Hall–Kier alpha value is -1.56. The molecule has 0 bridgehead atoms. The minimum absolute atomic E-state index is 0.113. The van der Waals surface area contributed by atoms with Gasteiger partial charge in [-0.1, -0.05) is 6.92 Å². The van der Waals surface area contributed by atoms with Crippen LogP contribution in [0.25, 0.3) is 0 Å². The normalized spacial score (nSPS) is 15.9. The number of ketones is 1. The van der Waals surface area contributed by atoms with Crippen molar-refractivity contribution in [3.63, 3.8) is 0 Å². The van der Waals surface area contributed by atoms with E-state index in [9.17, 15) is 9.59 Å². The van der Waals surface area contributed by atoms with Crippen LogP contribution < -0.4 is 16.4 Å². The van der Waals surface area contributed by atoms with Gasteiger partial charge in [-0.05, 0) is 18.3 Å². The molecule has 19 heavy (non-hydrogen) atoms. The standard InChI is InChI=1S/C13H19N3O2S/c1-7(17)10-9(14)8(11(18)15-3)12(19-10)16-6-13(2)4-5-13/h16H,4-6,14H2,1-3H3,(H,15,18). The Bertz CT molecular complexity index is 532. The van der Waals surface area contributed by atoms with Crippen LogP contribution in [0.3, 0.4) is 0 Å².